The third kappa shape index (κ3) is 4.77. The van der Waals surface area contributed by atoms with Crippen molar-refractivity contribution in [3.05, 3.63) is 20.8 Å². The van der Waals surface area contributed by atoms with E-state index in [0.717, 1.165) is 32.7 Å². The summed E-state index contributed by atoms with van der Waals surface area (Å²) in [6.45, 7) is 6.80. The summed E-state index contributed by atoms with van der Waals surface area (Å²) >= 11 is 5.27. The monoisotopic (exact) mass is 391 g/mol. The fourth-order valence-electron chi connectivity index (χ4n) is 2.67. The van der Waals surface area contributed by atoms with Crippen LogP contribution in [0.25, 0.3) is 0 Å². The molecule has 0 bridgehead atoms. The molecule has 122 valence electrons. The molecule has 3 N–H and O–H groups in total. The zero-order valence-electron chi connectivity index (χ0n) is 12.8. The molecule has 1 aliphatic heterocycles. The van der Waals surface area contributed by atoms with Crippen molar-refractivity contribution in [3.63, 3.8) is 0 Å². The Balaban J connectivity index is 1.78. The van der Waals surface area contributed by atoms with Crippen LogP contribution in [0.2, 0.25) is 0 Å². The van der Waals surface area contributed by atoms with Crippen LogP contribution in [0.5, 0.6) is 0 Å². The number of alkyl carbamates (subject to hydrolysis) is 1. The molecule has 1 aliphatic rings. The molecule has 2 amide bonds. The van der Waals surface area contributed by atoms with Gasteiger partial charge in [-0.2, -0.15) is 0 Å². The number of carbonyl (C=O) groups excluding carboxylic acids is 2. The van der Waals surface area contributed by atoms with Gasteiger partial charge in [0.1, 0.15) is 32.7 Å². The number of hydrogen-bond donors (Lipinski definition) is 3. The molecular weight excluding hydrogens is 370 g/mol. The number of imide groups is 1. The molecule has 6 nitrogen and oxygen atoms in total. The fraction of sp³-hybridized carbons (Fsp3) is 0.571. The average Bonchev–Trinajstić information content (AvgIpc) is 2.92. The molecule has 1 aromatic rings. The van der Waals surface area contributed by atoms with Crippen molar-refractivity contribution in [3.8, 4) is 0 Å². The van der Waals surface area contributed by atoms with Crippen LogP contribution in [-0.2, 0) is 16.1 Å². The summed E-state index contributed by atoms with van der Waals surface area (Å²) in [6.07, 6.45) is -0.691. The zero-order valence-corrected chi connectivity index (χ0v) is 15.2. The molecule has 8 heteroatoms. The van der Waals surface area contributed by atoms with Crippen molar-refractivity contribution in [2.24, 2.45) is 0 Å². The first-order valence-electron chi connectivity index (χ1n) is 7.30. The number of carbonyl (C=O) groups is 2. The average molecular weight is 392 g/mol. The zero-order chi connectivity index (χ0) is 16.1. The van der Waals surface area contributed by atoms with Crippen molar-refractivity contribution in [2.45, 2.75) is 19.5 Å². The molecule has 0 saturated carbocycles. The summed E-state index contributed by atoms with van der Waals surface area (Å²) in [5.74, 6) is -0.271. The number of thiophene rings is 1. The van der Waals surface area contributed by atoms with E-state index in [1.807, 2.05) is 6.92 Å². The van der Waals surface area contributed by atoms with Gasteiger partial charge < -0.3 is 14.5 Å². The molecule has 1 saturated heterocycles. The number of rotatable bonds is 4. The molecule has 2 heterocycles. The Morgan fingerprint density at radius 1 is 1.36 bits per heavy atom. The highest BCUT2D eigenvalue weighted by Crippen LogP contribution is 2.21. The van der Waals surface area contributed by atoms with E-state index < -0.39 is 6.09 Å². The van der Waals surface area contributed by atoms with E-state index in [-0.39, 0.29) is 11.9 Å². The molecule has 0 unspecified atom stereocenters. The SMILES string of the molecule is COC(=O)NC(=O)[C@H](C)[NH+]1CC[NH+](Cc2ccc(Br)s2)CC1. The fourth-order valence-corrected chi connectivity index (χ4v) is 4.23. The second kappa shape index (κ2) is 8.05. The second-order valence-corrected chi connectivity index (χ2v) is 8.04. The minimum absolute atomic E-state index is 0.239. The normalized spacial score (nSPS) is 22.9. The van der Waals surface area contributed by atoms with Crippen LogP contribution < -0.4 is 15.1 Å². The van der Waals surface area contributed by atoms with Gasteiger partial charge in [-0.05, 0) is 35.0 Å². The van der Waals surface area contributed by atoms with Gasteiger partial charge in [-0.25, -0.2) is 4.79 Å². The van der Waals surface area contributed by atoms with E-state index >= 15 is 0 Å². The van der Waals surface area contributed by atoms with Gasteiger partial charge in [0.2, 0.25) is 0 Å². The van der Waals surface area contributed by atoms with Crippen LogP contribution in [0.1, 0.15) is 11.8 Å². The number of amides is 2. The molecule has 2 rings (SSSR count). The van der Waals surface area contributed by atoms with Crippen LogP contribution in [0, 0.1) is 0 Å². The standard InChI is InChI=1S/C14H20BrN3O3S/c1-10(13(19)16-14(20)21-2)18-7-5-17(6-8-18)9-11-3-4-12(15)22-11/h3-4,10H,5-9H2,1-2H3,(H,16,19,20)/p+2/t10-/m0/s1. The van der Waals surface area contributed by atoms with Gasteiger partial charge in [0, 0.05) is 0 Å². The Kier molecular flexibility index (Phi) is 6.37. The lowest BCUT2D eigenvalue weighted by Crippen LogP contribution is -3.29. The maximum Gasteiger partial charge on any atom is 0.413 e. The van der Waals surface area contributed by atoms with E-state index in [2.05, 4.69) is 38.1 Å². The maximum atomic E-state index is 11.9. The molecule has 1 fully saturated rings. The van der Waals surface area contributed by atoms with E-state index in [9.17, 15) is 9.59 Å². The van der Waals surface area contributed by atoms with Crippen molar-refractivity contribution in [2.75, 3.05) is 33.3 Å². The summed E-state index contributed by atoms with van der Waals surface area (Å²) in [4.78, 5) is 27.2. The summed E-state index contributed by atoms with van der Waals surface area (Å²) in [5, 5.41) is 2.25. The van der Waals surface area contributed by atoms with Gasteiger partial charge in [0.05, 0.1) is 15.8 Å². The van der Waals surface area contributed by atoms with Crippen molar-refractivity contribution >= 4 is 39.3 Å². The molecule has 22 heavy (non-hydrogen) atoms. The topological polar surface area (TPSA) is 64.3 Å². The Morgan fingerprint density at radius 3 is 2.59 bits per heavy atom. The van der Waals surface area contributed by atoms with Crippen LogP contribution in [0.3, 0.4) is 0 Å². The molecule has 0 spiro atoms. The highest BCUT2D eigenvalue weighted by atomic mass is 79.9. The van der Waals surface area contributed by atoms with Gasteiger partial charge in [-0.15, -0.1) is 11.3 Å². The number of ether oxygens (including phenoxy) is 1. The van der Waals surface area contributed by atoms with E-state index in [1.165, 1.54) is 20.7 Å². The predicted octanol–water partition coefficient (Wildman–Crippen LogP) is -0.935. The Hall–Kier alpha value is -0.960. The lowest BCUT2D eigenvalue weighted by Gasteiger charge is -2.32. The highest BCUT2D eigenvalue weighted by Gasteiger charge is 2.31. The first kappa shape index (κ1) is 17.4. The minimum Gasteiger partial charge on any atom is -0.453 e. The third-order valence-electron chi connectivity index (χ3n) is 4.07. The predicted molar refractivity (Wildman–Crippen MR) is 87.1 cm³/mol. The van der Waals surface area contributed by atoms with Crippen LogP contribution in [0.4, 0.5) is 4.79 Å². The largest absolute Gasteiger partial charge is 0.453 e. The van der Waals surface area contributed by atoms with Gasteiger partial charge in [-0.1, -0.05) is 0 Å². The minimum atomic E-state index is -0.691. The first-order chi connectivity index (χ1) is 10.5. The summed E-state index contributed by atoms with van der Waals surface area (Å²) < 4.78 is 5.62. The van der Waals surface area contributed by atoms with Gasteiger partial charge >= 0.3 is 6.09 Å². The quantitative estimate of drug-likeness (QED) is 0.620. The molecule has 1 atom stereocenters. The smallest absolute Gasteiger partial charge is 0.413 e. The van der Waals surface area contributed by atoms with Crippen LogP contribution in [0.15, 0.2) is 15.9 Å². The summed E-state index contributed by atoms with van der Waals surface area (Å²) in [6, 6.07) is 4.00. The molecule has 0 aliphatic carbocycles. The van der Waals surface area contributed by atoms with Crippen molar-refractivity contribution in [1.29, 1.82) is 0 Å². The highest BCUT2D eigenvalue weighted by molar-refractivity contribution is 9.11. The van der Waals surface area contributed by atoms with Gasteiger partial charge in [-0.3, -0.25) is 10.1 Å². The first-order valence-corrected chi connectivity index (χ1v) is 8.91. The number of piperazine rings is 1. The Morgan fingerprint density at radius 2 is 2.05 bits per heavy atom. The number of hydrogen-bond acceptors (Lipinski definition) is 4. The van der Waals surface area contributed by atoms with E-state index in [0.29, 0.717) is 0 Å². The van der Waals surface area contributed by atoms with Crippen molar-refractivity contribution in [1.82, 2.24) is 5.32 Å². The number of methoxy groups -OCH3 is 1. The maximum absolute atomic E-state index is 11.9. The molecule has 0 radical (unpaired) electrons. The molecular formula is C14H22BrN3O3S+2. The van der Waals surface area contributed by atoms with Crippen LogP contribution in [-0.4, -0.2) is 51.3 Å². The third-order valence-corrected chi connectivity index (χ3v) is 5.69. The molecule has 1 aromatic heterocycles. The number of halogens is 1. The lowest BCUT2D eigenvalue weighted by molar-refractivity contribution is -1.02. The second-order valence-electron chi connectivity index (χ2n) is 5.49. The summed E-state index contributed by atoms with van der Waals surface area (Å²) in [5.41, 5.74) is 0. The summed E-state index contributed by atoms with van der Waals surface area (Å²) in [7, 11) is 1.26. The molecule has 0 aromatic carbocycles. The van der Waals surface area contributed by atoms with Gasteiger partial charge in [0.15, 0.2) is 6.04 Å². The van der Waals surface area contributed by atoms with E-state index in [4.69, 9.17) is 0 Å². The van der Waals surface area contributed by atoms with Crippen LogP contribution >= 0.6 is 27.3 Å². The number of quaternary nitrogens is 2. The lowest BCUT2D eigenvalue weighted by atomic mass is 10.2. The Bertz CT molecular complexity index is 529. The Labute approximate surface area is 142 Å². The number of nitrogens with one attached hydrogen (secondary N) is 3. The van der Waals surface area contributed by atoms with E-state index in [1.54, 1.807) is 16.2 Å². The van der Waals surface area contributed by atoms with Crippen molar-refractivity contribution < 1.29 is 24.1 Å². The van der Waals surface area contributed by atoms with Gasteiger partial charge in [0.25, 0.3) is 5.91 Å².